The number of carbonyl (C=O) groups excluding carboxylic acids is 1. The van der Waals surface area contributed by atoms with Gasteiger partial charge < -0.3 is 11.1 Å². The molecule has 0 radical (unpaired) electrons. The van der Waals surface area contributed by atoms with E-state index in [9.17, 15) is 4.79 Å². The van der Waals surface area contributed by atoms with Crippen molar-refractivity contribution in [2.75, 3.05) is 26.2 Å². The van der Waals surface area contributed by atoms with E-state index in [1.807, 2.05) is 0 Å². The first-order chi connectivity index (χ1) is 8.27. The van der Waals surface area contributed by atoms with E-state index in [0.717, 1.165) is 38.9 Å². The van der Waals surface area contributed by atoms with Crippen molar-refractivity contribution in [1.82, 2.24) is 10.2 Å². The Labute approximate surface area is 105 Å². The normalized spacial score (nSPS) is 20.7. The lowest BCUT2D eigenvalue weighted by molar-refractivity contribution is -0.121. The molecular weight excluding hydrogens is 214 g/mol. The number of unbranched alkanes of at least 4 members (excludes halogenated alkanes) is 2. The van der Waals surface area contributed by atoms with E-state index >= 15 is 0 Å². The van der Waals surface area contributed by atoms with Crippen LogP contribution < -0.4 is 11.1 Å². The summed E-state index contributed by atoms with van der Waals surface area (Å²) in [5, 5.41) is 3.05. The van der Waals surface area contributed by atoms with Gasteiger partial charge in [0.1, 0.15) is 0 Å². The second kappa shape index (κ2) is 8.48. The number of hydrogen-bond acceptors (Lipinski definition) is 3. The van der Waals surface area contributed by atoms with Gasteiger partial charge in [0.2, 0.25) is 5.91 Å². The summed E-state index contributed by atoms with van der Waals surface area (Å²) < 4.78 is 0. The Morgan fingerprint density at radius 2 is 2.24 bits per heavy atom. The van der Waals surface area contributed by atoms with Gasteiger partial charge in [-0.1, -0.05) is 13.3 Å². The zero-order valence-electron chi connectivity index (χ0n) is 11.1. The van der Waals surface area contributed by atoms with Crippen molar-refractivity contribution in [1.29, 1.82) is 0 Å². The Kier molecular flexibility index (Phi) is 7.21. The van der Waals surface area contributed by atoms with Crippen LogP contribution in [0, 0.1) is 0 Å². The molecule has 0 spiro atoms. The number of rotatable bonds is 8. The fraction of sp³-hybridized carbons (Fsp3) is 0.923. The summed E-state index contributed by atoms with van der Waals surface area (Å²) in [6.45, 7) is 6.02. The molecule has 1 fully saturated rings. The molecule has 0 saturated carbocycles. The molecule has 1 heterocycles. The third-order valence-electron chi connectivity index (χ3n) is 3.55. The lowest BCUT2D eigenvalue weighted by Crippen LogP contribution is -2.39. The Morgan fingerprint density at radius 1 is 1.41 bits per heavy atom. The van der Waals surface area contributed by atoms with Crippen molar-refractivity contribution >= 4 is 5.91 Å². The number of likely N-dealkylation sites (N-methyl/N-ethyl adjacent to an activating group) is 1. The number of hydrogen-bond donors (Lipinski definition) is 2. The van der Waals surface area contributed by atoms with Crippen molar-refractivity contribution < 1.29 is 4.79 Å². The number of carbonyl (C=O) groups is 1. The quantitative estimate of drug-likeness (QED) is 0.626. The Morgan fingerprint density at radius 3 is 2.94 bits per heavy atom. The molecule has 17 heavy (non-hydrogen) atoms. The van der Waals surface area contributed by atoms with Gasteiger partial charge in [0.05, 0.1) is 0 Å². The molecule has 100 valence electrons. The third-order valence-corrected chi connectivity index (χ3v) is 3.55. The summed E-state index contributed by atoms with van der Waals surface area (Å²) >= 11 is 0. The fourth-order valence-electron chi connectivity index (χ4n) is 2.47. The smallest absolute Gasteiger partial charge is 0.220 e. The summed E-state index contributed by atoms with van der Waals surface area (Å²) in [7, 11) is 0. The molecule has 0 aliphatic carbocycles. The lowest BCUT2D eigenvalue weighted by Gasteiger charge is -2.22. The van der Waals surface area contributed by atoms with Crippen molar-refractivity contribution in [2.24, 2.45) is 5.73 Å². The van der Waals surface area contributed by atoms with Gasteiger partial charge in [0.25, 0.3) is 0 Å². The Balaban J connectivity index is 2.06. The van der Waals surface area contributed by atoms with E-state index in [1.165, 1.54) is 19.4 Å². The van der Waals surface area contributed by atoms with Gasteiger partial charge in [-0.2, -0.15) is 0 Å². The van der Waals surface area contributed by atoms with Crippen LogP contribution >= 0.6 is 0 Å². The van der Waals surface area contributed by atoms with E-state index in [-0.39, 0.29) is 5.91 Å². The molecule has 3 N–H and O–H groups in total. The molecular formula is C13H27N3O. The number of amides is 1. The van der Waals surface area contributed by atoms with Crippen LogP contribution in [-0.2, 0) is 4.79 Å². The standard InChI is InChI=1S/C13H27N3O/c1-2-16-10-6-7-12(16)11-15-13(17)8-4-3-5-9-14/h12H,2-11,14H2,1H3,(H,15,17). The molecule has 1 saturated heterocycles. The van der Waals surface area contributed by atoms with Gasteiger partial charge in [-0.05, 0) is 45.3 Å². The number of nitrogens with two attached hydrogens (primary N) is 1. The van der Waals surface area contributed by atoms with Gasteiger partial charge in [0, 0.05) is 19.0 Å². The van der Waals surface area contributed by atoms with Gasteiger partial charge in [-0.25, -0.2) is 0 Å². The highest BCUT2D eigenvalue weighted by Crippen LogP contribution is 2.15. The van der Waals surface area contributed by atoms with Crippen molar-refractivity contribution in [3.05, 3.63) is 0 Å². The SMILES string of the molecule is CCN1CCCC1CNC(=O)CCCCCN. The minimum atomic E-state index is 0.199. The second-order valence-corrected chi connectivity index (χ2v) is 4.83. The predicted molar refractivity (Wildman–Crippen MR) is 70.8 cm³/mol. The molecule has 1 amide bonds. The first-order valence-electron chi connectivity index (χ1n) is 6.98. The van der Waals surface area contributed by atoms with E-state index in [0.29, 0.717) is 12.5 Å². The third kappa shape index (κ3) is 5.50. The molecule has 0 aromatic rings. The monoisotopic (exact) mass is 241 g/mol. The number of nitrogens with zero attached hydrogens (tertiary/aromatic N) is 1. The summed E-state index contributed by atoms with van der Waals surface area (Å²) in [5.74, 6) is 0.199. The lowest BCUT2D eigenvalue weighted by atomic mass is 10.1. The maximum Gasteiger partial charge on any atom is 0.220 e. The van der Waals surface area contributed by atoms with Gasteiger partial charge in [0.15, 0.2) is 0 Å². The van der Waals surface area contributed by atoms with Crippen LogP contribution in [-0.4, -0.2) is 43.0 Å². The summed E-state index contributed by atoms with van der Waals surface area (Å²) in [4.78, 5) is 14.1. The molecule has 0 bridgehead atoms. The minimum absolute atomic E-state index is 0.199. The van der Waals surface area contributed by atoms with Crippen LogP contribution in [0.4, 0.5) is 0 Å². The van der Waals surface area contributed by atoms with Crippen LogP contribution in [0.2, 0.25) is 0 Å². The molecule has 1 atom stereocenters. The average Bonchev–Trinajstić information content (AvgIpc) is 2.79. The molecule has 4 heteroatoms. The largest absolute Gasteiger partial charge is 0.355 e. The summed E-state index contributed by atoms with van der Waals surface area (Å²) in [5.41, 5.74) is 5.41. The average molecular weight is 241 g/mol. The van der Waals surface area contributed by atoms with Crippen LogP contribution in [0.15, 0.2) is 0 Å². The minimum Gasteiger partial charge on any atom is -0.355 e. The molecule has 1 unspecified atom stereocenters. The molecule has 0 aromatic carbocycles. The topological polar surface area (TPSA) is 58.4 Å². The summed E-state index contributed by atoms with van der Waals surface area (Å²) in [6.07, 6.45) is 6.20. The number of likely N-dealkylation sites (tertiary alicyclic amines) is 1. The van der Waals surface area contributed by atoms with E-state index in [1.54, 1.807) is 0 Å². The van der Waals surface area contributed by atoms with E-state index in [4.69, 9.17) is 5.73 Å². The Hall–Kier alpha value is -0.610. The summed E-state index contributed by atoms with van der Waals surface area (Å²) in [6, 6.07) is 0.563. The Bertz CT molecular complexity index is 221. The first kappa shape index (κ1) is 14.5. The van der Waals surface area contributed by atoms with Crippen molar-refractivity contribution in [3.8, 4) is 0 Å². The van der Waals surface area contributed by atoms with E-state index in [2.05, 4.69) is 17.1 Å². The fourth-order valence-corrected chi connectivity index (χ4v) is 2.47. The molecule has 4 nitrogen and oxygen atoms in total. The van der Waals surface area contributed by atoms with E-state index < -0.39 is 0 Å². The van der Waals surface area contributed by atoms with Crippen LogP contribution in [0.25, 0.3) is 0 Å². The maximum atomic E-state index is 11.6. The molecule has 0 aromatic heterocycles. The molecule has 1 aliphatic heterocycles. The zero-order valence-corrected chi connectivity index (χ0v) is 11.1. The first-order valence-corrected chi connectivity index (χ1v) is 6.98. The molecule has 1 aliphatic rings. The van der Waals surface area contributed by atoms with Gasteiger partial charge in [-0.15, -0.1) is 0 Å². The highest BCUT2D eigenvalue weighted by molar-refractivity contribution is 5.75. The molecule has 1 rings (SSSR count). The maximum absolute atomic E-state index is 11.6. The van der Waals surface area contributed by atoms with Crippen LogP contribution in [0.5, 0.6) is 0 Å². The highest BCUT2D eigenvalue weighted by Gasteiger charge is 2.22. The van der Waals surface area contributed by atoms with Crippen LogP contribution in [0.3, 0.4) is 0 Å². The number of nitrogens with one attached hydrogen (secondary N) is 1. The highest BCUT2D eigenvalue weighted by atomic mass is 16.1. The van der Waals surface area contributed by atoms with Gasteiger partial charge in [-0.3, -0.25) is 9.69 Å². The van der Waals surface area contributed by atoms with Crippen LogP contribution in [0.1, 0.15) is 45.4 Å². The van der Waals surface area contributed by atoms with Gasteiger partial charge >= 0.3 is 0 Å². The van der Waals surface area contributed by atoms with Crippen molar-refractivity contribution in [2.45, 2.75) is 51.5 Å². The predicted octanol–water partition coefficient (Wildman–Crippen LogP) is 1.11. The second-order valence-electron chi connectivity index (χ2n) is 4.83. The van der Waals surface area contributed by atoms with Crippen molar-refractivity contribution in [3.63, 3.8) is 0 Å². The zero-order chi connectivity index (χ0) is 12.5.